The molecule has 0 aliphatic rings. The zero-order chi connectivity index (χ0) is 31.2. The molecule has 3 aromatic heterocycles. The van der Waals surface area contributed by atoms with Crippen molar-refractivity contribution in [2.75, 3.05) is 31.4 Å². The number of fused-ring (bicyclic) bond motifs is 1. The number of nitrogens with one attached hydrogen (secondary N) is 1. The number of carbonyl (C=O) groups excluding carboxylic acids is 2. The quantitative estimate of drug-likeness (QED) is 0.300. The molecule has 226 valence electrons. The number of nitrogen functional groups attached to an aromatic ring is 1. The van der Waals surface area contributed by atoms with Crippen molar-refractivity contribution in [3.05, 3.63) is 41.5 Å². The average Bonchev–Trinajstić information content (AvgIpc) is 3.26. The second-order valence-electron chi connectivity index (χ2n) is 11.8. The molecule has 0 radical (unpaired) electrons. The summed E-state index contributed by atoms with van der Waals surface area (Å²) in [5, 5.41) is 2.92. The molecule has 3 heterocycles. The third-order valence-corrected chi connectivity index (χ3v) is 5.83. The molecule has 42 heavy (non-hydrogen) atoms. The fourth-order valence-electron chi connectivity index (χ4n) is 4.02. The van der Waals surface area contributed by atoms with Gasteiger partial charge < -0.3 is 29.8 Å². The van der Waals surface area contributed by atoms with Crippen LogP contribution in [0.5, 0.6) is 0 Å². The van der Waals surface area contributed by atoms with E-state index in [1.807, 2.05) is 40.0 Å². The van der Waals surface area contributed by atoms with Crippen LogP contribution in [0.4, 0.5) is 21.2 Å². The number of anilines is 2. The fourth-order valence-corrected chi connectivity index (χ4v) is 4.02. The number of aryl methyl sites for hydroxylation is 1. The van der Waals surface area contributed by atoms with E-state index in [0.717, 1.165) is 0 Å². The van der Waals surface area contributed by atoms with E-state index in [1.165, 1.54) is 4.90 Å². The van der Waals surface area contributed by atoms with Gasteiger partial charge in [0.05, 0.1) is 29.1 Å². The number of methoxy groups -OCH3 is 1. The summed E-state index contributed by atoms with van der Waals surface area (Å²) < 4.78 is 17.9. The van der Waals surface area contributed by atoms with Gasteiger partial charge in [0.1, 0.15) is 28.2 Å². The van der Waals surface area contributed by atoms with Crippen LogP contribution in [0.1, 0.15) is 77.4 Å². The average molecular weight is 580 g/mol. The molecule has 0 fully saturated rings. The van der Waals surface area contributed by atoms with Crippen LogP contribution < -0.4 is 16.0 Å². The zero-order valence-corrected chi connectivity index (χ0v) is 25.9. The predicted molar refractivity (Wildman–Crippen MR) is 161 cm³/mol. The van der Waals surface area contributed by atoms with E-state index in [-0.39, 0.29) is 11.6 Å². The number of hydrogen-bond acceptors (Lipinski definition) is 9. The first-order valence-corrected chi connectivity index (χ1v) is 13.6. The minimum Gasteiger partial charge on any atom is -0.444 e. The van der Waals surface area contributed by atoms with Gasteiger partial charge in [0.25, 0.3) is 0 Å². The SMILES string of the molecule is COCCC[C@H](NC(=O)OC(C)(C)C)c1cccc(C#Cc2c(N)nc(N(C)C(=O)OC(C)(C)C)c3ncn(C)c23)n1. The Morgan fingerprint density at radius 2 is 1.79 bits per heavy atom. The normalized spacial score (nSPS) is 12.3. The van der Waals surface area contributed by atoms with Gasteiger partial charge in [-0.25, -0.2) is 24.5 Å². The molecule has 2 amide bonds. The van der Waals surface area contributed by atoms with Crippen LogP contribution in [0.15, 0.2) is 24.5 Å². The molecule has 0 aliphatic heterocycles. The highest BCUT2D eigenvalue weighted by atomic mass is 16.6. The second kappa shape index (κ2) is 13.1. The topological polar surface area (TPSA) is 147 Å². The zero-order valence-electron chi connectivity index (χ0n) is 25.9. The standard InChI is InChI=1S/C30H41N7O5/c1-29(2,3)41-27(38)34-22(14-11-17-40-9)21-13-10-12-19(33-21)15-16-20-24-23(32-18-36(24)7)26(35-25(20)31)37(8)28(39)42-30(4,5)6/h10,12-13,18,22H,11,14,17H2,1-9H3,(H2,31,35)(H,34,38)/t22-/m0/s1. The number of hydrogen-bond donors (Lipinski definition) is 2. The molecule has 0 bridgehead atoms. The number of ether oxygens (including phenoxy) is 3. The van der Waals surface area contributed by atoms with Gasteiger partial charge in [0, 0.05) is 27.8 Å². The van der Waals surface area contributed by atoms with E-state index in [9.17, 15) is 9.59 Å². The summed E-state index contributed by atoms with van der Waals surface area (Å²) in [5.74, 6) is 6.56. The summed E-state index contributed by atoms with van der Waals surface area (Å²) in [6.45, 7) is 11.3. The van der Waals surface area contributed by atoms with E-state index in [1.54, 1.807) is 51.9 Å². The largest absolute Gasteiger partial charge is 0.444 e. The number of alkyl carbamates (subject to hydrolysis) is 1. The lowest BCUT2D eigenvalue weighted by Gasteiger charge is -2.24. The number of pyridine rings is 2. The Balaban J connectivity index is 1.97. The van der Waals surface area contributed by atoms with Crippen molar-refractivity contribution in [3.63, 3.8) is 0 Å². The first-order chi connectivity index (χ1) is 19.6. The van der Waals surface area contributed by atoms with Crippen molar-refractivity contribution in [2.45, 2.75) is 71.6 Å². The van der Waals surface area contributed by atoms with Crippen molar-refractivity contribution in [3.8, 4) is 11.8 Å². The first-order valence-electron chi connectivity index (χ1n) is 13.6. The van der Waals surface area contributed by atoms with Crippen molar-refractivity contribution < 1.29 is 23.8 Å². The van der Waals surface area contributed by atoms with Gasteiger partial charge in [-0.1, -0.05) is 12.0 Å². The van der Waals surface area contributed by atoms with E-state index in [2.05, 4.69) is 27.1 Å². The van der Waals surface area contributed by atoms with Gasteiger partial charge in [-0.15, -0.1) is 0 Å². The fraction of sp³-hybridized carbons (Fsp3) is 0.500. The molecule has 0 spiro atoms. The Labute approximate surface area is 246 Å². The Kier molecular flexibility index (Phi) is 10.0. The van der Waals surface area contributed by atoms with Gasteiger partial charge in [-0.3, -0.25) is 4.90 Å². The molecule has 0 unspecified atom stereocenters. The molecule has 12 heteroatoms. The molecule has 0 aromatic carbocycles. The lowest BCUT2D eigenvalue weighted by Crippen LogP contribution is -2.35. The van der Waals surface area contributed by atoms with E-state index < -0.39 is 29.4 Å². The summed E-state index contributed by atoms with van der Waals surface area (Å²) in [6, 6.07) is 5.02. The molecular weight excluding hydrogens is 538 g/mol. The molecule has 3 N–H and O–H groups in total. The highest BCUT2D eigenvalue weighted by Crippen LogP contribution is 2.30. The number of nitrogens with two attached hydrogens (primary N) is 1. The Bertz CT molecular complexity index is 1490. The van der Waals surface area contributed by atoms with Gasteiger partial charge in [0.15, 0.2) is 5.82 Å². The third-order valence-electron chi connectivity index (χ3n) is 5.83. The summed E-state index contributed by atoms with van der Waals surface area (Å²) in [7, 11) is 4.99. The Morgan fingerprint density at radius 1 is 1.10 bits per heavy atom. The highest BCUT2D eigenvalue weighted by Gasteiger charge is 2.26. The summed E-state index contributed by atoms with van der Waals surface area (Å²) in [4.78, 5) is 40.2. The van der Waals surface area contributed by atoms with Crippen molar-refractivity contribution in [1.82, 2.24) is 24.8 Å². The molecule has 0 saturated heterocycles. The number of carbonyl (C=O) groups is 2. The minimum absolute atomic E-state index is 0.129. The Hall–Kier alpha value is -4.37. The van der Waals surface area contributed by atoms with Crippen LogP contribution in [-0.2, 0) is 21.3 Å². The molecule has 3 rings (SSSR count). The lowest BCUT2D eigenvalue weighted by atomic mass is 10.1. The van der Waals surface area contributed by atoms with Crippen LogP contribution in [0.2, 0.25) is 0 Å². The van der Waals surface area contributed by atoms with Crippen LogP contribution in [0, 0.1) is 11.8 Å². The summed E-state index contributed by atoms with van der Waals surface area (Å²) in [5.41, 5.74) is 7.67. The second-order valence-corrected chi connectivity index (χ2v) is 11.8. The number of aromatic nitrogens is 4. The molecule has 3 aromatic rings. The summed E-state index contributed by atoms with van der Waals surface area (Å²) in [6.07, 6.45) is 1.79. The van der Waals surface area contributed by atoms with Gasteiger partial charge in [-0.2, -0.15) is 0 Å². The van der Waals surface area contributed by atoms with Crippen molar-refractivity contribution in [2.24, 2.45) is 7.05 Å². The lowest BCUT2D eigenvalue weighted by molar-refractivity contribution is 0.0495. The predicted octanol–water partition coefficient (Wildman–Crippen LogP) is 4.71. The van der Waals surface area contributed by atoms with Crippen molar-refractivity contribution >= 4 is 34.9 Å². The van der Waals surface area contributed by atoms with Crippen LogP contribution in [0.3, 0.4) is 0 Å². The third kappa shape index (κ3) is 8.57. The number of amides is 2. The smallest absolute Gasteiger partial charge is 0.415 e. The molecule has 0 saturated carbocycles. The maximum absolute atomic E-state index is 12.7. The van der Waals surface area contributed by atoms with Gasteiger partial charge in [-0.05, 0) is 72.4 Å². The number of nitrogens with zero attached hydrogens (tertiary/aromatic N) is 5. The monoisotopic (exact) mass is 579 g/mol. The Morgan fingerprint density at radius 3 is 2.43 bits per heavy atom. The van der Waals surface area contributed by atoms with Crippen LogP contribution in [0.25, 0.3) is 11.0 Å². The summed E-state index contributed by atoms with van der Waals surface area (Å²) >= 11 is 0. The minimum atomic E-state index is -0.682. The van der Waals surface area contributed by atoms with Crippen molar-refractivity contribution in [1.29, 1.82) is 0 Å². The highest BCUT2D eigenvalue weighted by molar-refractivity contribution is 6.00. The molecular formula is C30H41N7O5. The maximum Gasteiger partial charge on any atom is 0.415 e. The molecule has 12 nitrogen and oxygen atoms in total. The van der Waals surface area contributed by atoms with Gasteiger partial charge in [0.2, 0.25) is 0 Å². The molecule has 0 aliphatic carbocycles. The molecule has 1 atom stereocenters. The van der Waals surface area contributed by atoms with E-state index in [0.29, 0.717) is 47.4 Å². The van der Waals surface area contributed by atoms with E-state index >= 15 is 0 Å². The van der Waals surface area contributed by atoms with Gasteiger partial charge >= 0.3 is 12.2 Å². The van der Waals surface area contributed by atoms with Crippen LogP contribution in [-0.4, -0.2) is 63.7 Å². The van der Waals surface area contributed by atoms with E-state index in [4.69, 9.17) is 24.9 Å². The van der Waals surface area contributed by atoms with Crippen LogP contribution >= 0.6 is 0 Å². The number of imidazole rings is 1. The number of rotatable bonds is 7. The maximum atomic E-state index is 12.7. The first kappa shape index (κ1) is 32.1.